The highest BCUT2D eigenvalue weighted by Gasteiger charge is 2.26. The third kappa shape index (κ3) is 1.83. The van der Waals surface area contributed by atoms with Crippen molar-refractivity contribution in [1.82, 2.24) is 10.2 Å². The highest BCUT2D eigenvalue weighted by atomic mass is 127. The number of halogens is 1. The summed E-state index contributed by atoms with van der Waals surface area (Å²) in [7, 11) is 0. The number of rotatable bonds is 1. The van der Waals surface area contributed by atoms with Crippen LogP contribution in [0.3, 0.4) is 0 Å². The summed E-state index contributed by atoms with van der Waals surface area (Å²) in [6, 6.07) is -0.353. The molecule has 0 aromatic heterocycles. The zero-order valence-corrected chi connectivity index (χ0v) is 7.71. The van der Waals surface area contributed by atoms with E-state index in [0.29, 0.717) is 0 Å². The number of carbonyl (C=O) groups is 2. The highest BCUT2D eigenvalue weighted by Crippen LogP contribution is 1.96. The van der Waals surface area contributed by atoms with Crippen molar-refractivity contribution < 1.29 is 9.59 Å². The second-order valence-electron chi connectivity index (χ2n) is 1.91. The van der Waals surface area contributed by atoms with E-state index >= 15 is 0 Å². The minimum Gasteiger partial charge on any atom is -0.329 e. The molecule has 0 saturated carbocycles. The van der Waals surface area contributed by atoms with Gasteiger partial charge in [0.1, 0.15) is 0 Å². The third-order valence-corrected chi connectivity index (χ3v) is 1.62. The summed E-state index contributed by atoms with van der Waals surface area (Å²) in [5, 5.41) is 2.40. The monoisotopic (exact) mass is 264 g/mol. The van der Waals surface area contributed by atoms with Crippen molar-refractivity contribution in [3.05, 3.63) is 0 Å². The molecule has 0 bridgehead atoms. The lowest BCUT2D eigenvalue weighted by atomic mass is 10.5. The highest BCUT2D eigenvalue weighted by molar-refractivity contribution is 14.1. The van der Waals surface area contributed by atoms with Crippen LogP contribution in [-0.2, 0) is 4.79 Å². The van der Waals surface area contributed by atoms with Gasteiger partial charge in [0.15, 0.2) is 0 Å². The van der Waals surface area contributed by atoms with E-state index in [9.17, 15) is 9.59 Å². The summed E-state index contributed by atoms with van der Waals surface area (Å²) < 4.78 is 2.58. The van der Waals surface area contributed by atoms with Crippen LogP contribution in [0, 0.1) is 9.85 Å². The van der Waals surface area contributed by atoms with Crippen LogP contribution in [-0.4, -0.2) is 29.9 Å². The number of nitrogens with one attached hydrogen (secondary N) is 1. The van der Waals surface area contributed by atoms with Crippen LogP contribution >= 0.6 is 22.6 Å². The van der Waals surface area contributed by atoms with Crippen molar-refractivity contribution in [3.63, 3.8) is 0 Å². The SMILES string of the molecule is O=C1CNC(=O)N1CC#CI. The fourth-order valence-corrected chi connectivity index (χ4v) is 0.895. The number of urea groups is 1. The fraction of sp³-hybridized carbons (Fsp3) is 0.333. The van der Waals surface area contributed by atoms with Crippen molar-refractivity contribution in [2.75, 3.05) is 13.1 Å². The first-order valence-corrected chi connectivity index (χ1v) is 4.00. The van der Waals surface area contributed by atoms with Crippen molar-refractivity contribution in [2.45, 2.75) is 0 Å². The topological polar surface area (TPSA) is 49.4 Å². The van der Waals surface area contributed by atoms with E-state index in [1.54, 1.807) is 0 Å². The largest absolute Gasteiger partial charge is 0.329 e. The van der Waals surface area contributed by atoms with Gasteiger partial charge in [-0.25, -0.2) is 4.79 Å². The minimum absolute atomic E-state index is 0.0990. The van der Waals surface area contributed by atoms with E-state index in [2.05, 4.69) is 15.2 Å². The van der Waals surface area contributed by atoms with Gasteiger partial charge in [-0.1, -0.05) is 5.92 Å². The number of nitrogens with zero attached hydrogens (tertiary/aromatic N) is 1. The first kappa shape index (κ1) is 8.33. The Balaban J connectivity index is 2.59. The Morgan fingerprint density at radius 1 is 1.64 bits per heavy atom. The van der Waals surface area contributed by atoms with E-state index in [-0.39, 0.29) is 25.0 Å². The molecule has 4 nitrogen and oxygen atoms in total. The maximum absolute atomic E-state index is 10.9. The van der Waals surface area contributed by atoms with Gasteiger partial charge in [-0.15, -0.1) is 0 Å². The number of hydrogen-bond acceptors (Lipinski definition) is 2. The minimum atomic E-state index is -0.353. The lowest BCUT2D eigenvalue weighted by molar-refractivity contribution is -0.124. The standard InChI is InChI=1S/C6H5IN2O2/c7-2-1-3-9-5(10)4-8-6(9)11/h3-4H2,(H,8,11). The average molecular weight is 264 g/mol. The molecule has 1 N–H and O–H groups in total. The van der Waals surface area contributed by atoms with Crippen LogP contribution in [0.15, 0.2) is 0 Å². The Hall–Kier alpha value is -0.770. The third-order valence-electron chi connectivity index (χ3n) is 1.24. The van der Waals surface area contributed by atoms with E-state index < -0.39 is 0 Å². The molecule has 58 valence electrons. The molecule has 1 aliphatic heterocycles. The van der Waals surface area contributed by atoms with Gasteiger partial charge in [-0.3, -0.25) is 9.69 Å². The van der Waals surface area contributed by atoms with Crippen LogP contribution in [0.5, 0.6) is 0 Å². The van der Waals surface area contributed by atoms with Crippen LogP contribution in [0.2, 0.25) is 0 Å². The molecule has 5 heteroatoms. The predicted molar refractivity (Wildman–Crippen MR) is 46.9 cm³/mol. The van der Waals surface area contributed by atoms with Crippen LogP contribution < -0.4 is 5.32 Å². The molecular weight excluding hydrogens is 259 g/mol. The Kier molecular flexibility index (Phi) is 2.70. The Labute approximate surface area is 77.5 Å². The summed E-state index contributed by atoms with van der Waals surface area (Å²) in [6.45, 7) is 0.287. The first-order chi connectivity index (χ1) is 5.25. The zero-order valence-electron chi connectivity index (χ0n) is 5.56. The first-order valence-electron chi connectivity index (χ1n) is 2.92. The molecule has 0 aromatic rings. The molecule has 1 aliphatic rings. The molecule has 3 amide bonds. The number of hydrogen-bond donors (Lipinski definition) is 1. The van der Waals surface area contributed by atoms with Gasteiger partial charge in [-0.2, -0.15) is 0 Å². The molecule has 0 spiro atoms. The van der Waals surface area contributed by atoms with Crippen LogP contribution in [0.25, 0.3) is 0 Å². The molecule has 1 rings (SSSR count). The van der Waals surface area contributed by atoms with Gasteiger partial charge in [-0.05, 0) is 3.93 Å². The molecule has 1 fully saturated rings. The van der Waals surface area contributed by atoms with Crippen molar-refractivity contribution >= 4 is 34.5 Å². The molecule has 0 unspecified atom stereocenters. The number of amides is 3. The number of carbonyl (C=O) groups excluding carboxylic acids is 2. The second-order valence-corrected chi connectivity index (χ2v) is 2.45. The summed E-state index contributed by atoms with van der Waals surface area (Å²) in [6.07, 6.45) is 0. The summed E-state index contributed by atoms with van der Waals surface area (Å²) in [5.74, 6) is 2.42. The summed E-state index contributed by atoms with van der Waals surface area (Å²) in [5.41, 5.74) is 0. The lowest BCUT2D eigenvalue weighted by Crippen LogP contribution is -2.31. The van der Waals surface area contributed by atoms with Gasteiger partial charge in [0.2, 0.25) is 0 Å². The Bertz CT molecular complexity index is 237. The van der Waals surface area contributed by atoms with Crippen LogP contribution in [0.4, 0.5) is 4.79 Å². The van der Waals surface area contributed by atoms with Crippen molar-refractivity contribution in [3.8, 4) is 9.85 Å². The summed E-state index contributed by atoms with van der Waals surface area (Å²) in [4.78, 5) is 22.8. The van der Waals surface area contributed by atoms with E-state index in [1.165, 1.54) is 0 Å². The maximum atomic E-state index is 10.9. The van der Waals surface area contributed by atoms with E-state index in [0.717, 1.165) is 4.90 Å². The van der Waals surface area contributed by atoms with Gasteiger partial charge >= 0.3 is 6.03 Å². The van der Waals surface area contributed by atoms with Crippen molar-refractivity contribution in [2.24, 2.45) is 0 Å². The average Bonchev–Trinajstić information content (AvgIpc) is 2.29. The smallest absolute Gasteiger partial charge is 0.325 e. The Morgan fingerprint density at radius 2 is 2.36 bits per heavy atom. The second kappa shape index (κ2) is 3.57. The fourth-order valence-electron chi connectivity index (χ4n) is 0.724. The number of imide groups is 1. The molecule has 0 aromatic carbocycles. The Morgan fingerprint density at radius 3 is 2.82 bits per heavy atom. The van der Waals surface area contributed by atoms with Crippen molar-refractivity contribution in [1.29, 1.82) is 0 Å². The van der Waals surface area contributed by atoms with Crippen LogP contribution in [0.1, 0.15) is 0 Å². The zero-order chi connectivity index (χ0) is 8.27. The normalized spacial score (nSPS) is 15.9. The van der Waals surface area contributed by atoms with Gasteiger partial charge in [0.25, 0.3) is 5.91 Å². The molecule has 0 aliphatic carbocycles. The maximum Gasteiger partial charge on any atom is 0.325 e. The van der Waals surface area contributed by atoms with Gasteiger partial charge < -0.3 is 5.32 Å². The van der Waals surface area contributed by atoms with Gasteiger partial charge in [0.05, 0.1) is 13.1 Å². The molecule has 11 heavy (non-hydrogen) atoms. The quantitative estimate of drug-likeness (QED) is 0.409. The lowest BCUT2D eigenvalue weighted by Gasteiger charge is -2.05. The molecule has 1 saturated heterocycles. The van der Waals surface area contributed by atoms with E-state index in [4.69, 9.17) is 0 Å². The predicted octanol–water partition coefficient (Wildman–Crippen LogP) is -0.0659. The molecule has 0 atom stereocenters. The summed E-state index contributed by atoms with van der Waals surface area (Å²) >= 11 is 1.86. The molecule has 1 heterocycles. The molecular formula is C6H5IN2O2. The van der Waals surface area contributed by atoms with E-state index in [1.807, 2.05) is 22.6 Å². The molecule has 0 radical (unpaired) electrons. The van der Waals surface area contributed by atoms with Gasteiger partial charge in [0, 0.05) is 22.6 Å².